The Kier molecular flexibility index (Phi) is 5.40. The summed E-state index contributed by atoms with van der Waals surface area (Å²) in [6.07, 6.45) is 5.08. The first kappa shape index (κ1) is 16.0. The van der Waals surface area contributed by atoms with Crippen LogP contribution in [0.15, 0.2) is 24.3 Å². The third-order valence-electron chi connectivity index (χ3n) is 4.73. The number of carbonyl (C=O) groups is 1. The zero-order valence-electron chi connectivity index (χ0n) is 13.2. The fourth-order valence-corrected chi connectivity index (χ4v) is 2.99. The average Bonchev–Trinajstić information content (AvgIpc) is 2.48. The summed E-state index contributed by atoms with van der Waals surface area (Å²) >= 11 is 0. The molecule has 2 atom stereocenters. The predicted octanol–water partition coefficient (Wildman–Crippen LogP) is 2.99. The van der Waals surface area contributed by atoms with Crippen LogP contribution in [0.5, 0.6) is 0 Å². The number of aliphatic hydroxyl groups excluding tert-OH is 1. The summed E-state index contributed by atoms with van der Waals surface area (Å²) in [5, 5.41) is 13.1. The minimum atomic E-state index is -0.288. The Morgan fingerprint density at radius 2 is 2.05 bits per heavy atom. The molecule has 0 spiro atoms. The van der Waals surface area contributed by atoms with Gasteiger partial charge in [0.25, 0.3) is 0 Å². The first-order chi connectivity index (χ1) is 9.99. The molecule has 1 aliphatic rings. The number of aryl methyl sites for hydroxylation is 2. The molecule has 1 amide bonds. The summed E-state index contributed by atoms with van der Waals surface area (Å²) in [6.45, 7) is 4.73. The van der Waals surface area contributed by atoms with Gasteiger partial charge in [-0.05, 0) is 31.7 Å². The zero-order chi connectivity index (χ0) is 15.3. The molecule has 116 valence electrons. The molecule has 0 bridgehead atoms. The summed E-state index contributed by atoms with van der Waals surface area (Å²) in [5.41, 5.74) is 2.28. The van der Waals surface area contributed by atoms with Gasteiger partial charge in [-0.2, -0.15) is 0 Å². The number of carbonyl (C=O) groups excluding carboxylic acids is 1. The van der Waals surface area contributed by atoms with E-state index in [-0.39, 0.29) is 17.4 Å². The molecule has 0 saturated heterocycles. The Hall–Kier alpha value is -1.35. The van der Waals surface area contributed by atoms with E-state index in [0.29, 0.717) is 13.0 Å². The molecule has 2 unspecified atom stereocenters. The van der Waals surface area contributed by atoms with Gasteiger partial charge in [0.2, 0.25) is 5.91 Å². The molecular weight excluding hydrogens is 262 g/mol. The van der Waals surface area contributed by atoms with E-state index in [0.717, 1.165) is 32.1 Å². The van der Waals surface area contributed by atoms with E-state index in [2.05, 4.69) is 43.4 Å². The monoisotopic (exact) mass is 289 g/mol. The van der Waals surface area contributed by atoms with E-state index in [9.17, 15) is 9.90 Å². The van der Waals surface area contributed by atoms with Gasteiger partial charge in [0.05, 0.1) is 6.10 Å². The molecule has 1 aromatic rings. The van der Waals surface area contributed by atoms with Crippen LogP contribution in [0.4, 0.5) is 0 Å². The summed E-state index contributed by atoms with van der Waals surface area (Å²) in [7, 11) is 0. The third kappa shape index (κ3) is 4.57. The van der Waals surface area contributed by atoms with E-state index < -0.39 is 0 Å². The minimum Gasteiger partial charge on any atom is -0.392 e. The molecule has 3 heteroatoms. The highest BCUT2D eigenvalue weighted by Crippen LogP contribution is 2.35. The van der Waals surface area contributed by atoms with Crippen molar-refractivity contribution >= 4 is 5.91 Å². The van der Waals surface area contributed by atoms with E-state index in [1.165, 1.54) is 11.1 Å². The number of amides is 1. The molecule has 21 heavy (non-hydrogen) atoms. The van der Waals surface area contributed by atoms with Crippen molar-refractivity contribution in [3.05, 3.63) is 35.4 Å². The first-order valence-electron chi connectivity index (χ1n) is 8.00. The van der Waals surface area contributed by atoms with Crippen LogP contribution < -0.4 is 5.32 Å². The molecule has 2 rings (SSSR count). The zero-order valence-corrected chi connectivity index (χ0v) is 13.2. The second kappa shape index (κ2) is 7.08. The summed E-state index contributed by atoms with van der Waals surface area (Å²) in [6, 6.07) is 8.31. The lowest BCUT2D eigenvalue weighted by atomic mass is 9.73. The first-order valence-corrected chi connectivity index (χ1v) is 8.00. The van der Waals surface area contributed by atoms with Gasteiger partial charge in [-0.1, -0.05) is 49.6 Å². The van der Waals surface area contributed by atoms with Crippen LogP contribution in [-0.4, -0.2) is 23.7 Å². The second-order valence-corrected chi connectivity index (χ2v) is 6.68. The van der Waals surface area contributed by atoms with Crippen LogP contribution >= 0.6 is 0 Å². The van der Waals surface area contributed by atoms with Gasteiger partial charge in [0.15, 0.2) is 0 Å². The Bertz CT molecular complexity index is 469. The molecule has 1 aliphatic carbocycles. The molecule has 0 aromatic heterocycles. The molecule has 0 heterocycles. The van der Waals surface area contributed by atoms with Gasteiger partial charge in [-0.25, -0.2) is 0 Å². The van der Waals surface area contributed by atoms with Gasteiger partial charge in [0, 0.05) is 18.4 Å². The van der Waals surface area contributed by atoms with Gasteiger partial charge in [-0.15, -0.1) is 0 Å². The van der Waals surface area contributed by atoms with Crippen LogP contribution in [0.3, 0.4) is 0 Å². The van der Waals surface area contributed by atoms with Crippen LogP contribution in [0.1, 0.15) is 50.2 Å². The lowest BCUT2D eigenvalue weighted by Gasteiger charge is -2.38. The summed E-state index contributed by atoms with van der Waals surface area (Å²) < 4.78 is 0. The predicted molar refractivity (Wildman–Crippen MR) is 85.1 cm³/mol. The number of hydrogen-bond donors (Lipinski definition) is 2. The molecule has 1 aromatic carbocycles. The Labute approximate surface area is 127 Å². The van der Waals surface area contributed by atoms with Crippen molar-refractivity contribution in [3.63, 3.8) is 0 Å². The molecule has 2 N–H and O–H groups in total. The molecule has 1 fully saturated rings. The van der Waals surface area contributed by atoms with Crippen molar-refractivity contribution in [2.45, 2.75) is 58.5 Å². The summed E-state index contributed by atoms with van der Waals surface area (Å²) in [5.74, 6) is 0.0783. The summed E-state index contributed by atoms with van der Waals surface area (Å²) in [4.78, 5) is 12.0. The van der Waals surface area contributed by atoms with E-state index in [4.69, 9.17) is 0 Å². The van der Waals surface area contributed by atoms with E-state index in [1.807, 2.05) is 0 Å². The van der Waals surface area contributed by atoms with Crippen molar-refractivity contribution in [2.75, 3.05) is 6.54 Å². The number of rotatable bonds is 5. The highest BCUT2D eigenvalue weighted by Gasteiger charge is 2.35. The van der Waals surface area contributed by atoms with Crippen molar-refractivity contribution in [2.24, 2.45) is 5.41 Å². The molecule has 3 nitrogen and oxygen atoms in total. The molecule has 0 radical (unpaired) electrons. The van der Waals surface area contributed by atoms with E-state index in [1.54, 1.807) is 0 Å². The number of hydrogen-bond acceptors (Lipinski definition) is 2. The Balaban J connectivity index is 1.75. The van der Waals surface area contributed by atoms with Gasteiger partial charge < -0.3 is 10.4 Å². The average molecular weight is 289 g/mol. The standard InChI is InChI=1S/C18H27NO2/c1-14-6-8-15(9-7-14)10-11-17(21)19-13-18(2)12-4-3-5-16(18)20/h6-9,16,20H,3-5,10-13H2,1-2H3,(H,19,21). The molecule has 1 saturated carbocycles. The van der Waals surface area contributed by atoms with Gasteiger partial charge in [0.1, 0.15) is 0 Å². The maximum Gasteiger partial charge on any atom is 0.220 e. The number of aliphatic hydroxyl groups is 1. The number of nitrogens with one attached hydrogen (secondary N) is 1. The Morgan fingerprint density at radius 1 is 1.33 bits per heavy atom. The highest BCUT2D eigenvalue weighted by molar-refractivity contribution is 5.76. The molecular formula is C18H27NO2. The lowest BCUT2D eigenvalue weighted by Crippen LogP contribution is -2.45. The Morgan fingerprint density at radius 3 is 2.71 bits per heavy atom. The van der Waals surface area contributed by atoms with Crippen LogP contribution in [0.2, 0.25) is 0 Å². The second-order valence-electron chi connectivity index (χ2n) is 6.68. The van der Waals surface area contributed by atoms with Gasteiger partial charge in [-0.3, -0.25) is 4.79 Å². The topological polar surface area (TPSA) is 49.3 Å². The smallest absolute Gasteiger partial charge is 0.220 e. The maximum absolute atomic E-state index is 12.0. The highest BCUT2D eigenvalue weighted by atomic mass is 16.3. The van der Waals surface area contributed by atoms with Crippen LogP contribution in [0.25, 0.3) is 0 Å². The van der Waals surface area contributed by atoms with Crippen molar-refractivity contribution in [3.8, 4) is 0 Å². The third-order valence-corrected chi connectivity index (χ3v) is 4.73. The van der Waals surface area contributed by atoms with E-state index >= 15 is 0 Å². The molecule has 0 aliphatic heterocycles. The maximum atomic E-state index is 12.0. The fraction of sp³-hybridized carbons (Fsp3) is 0.611. The number of benzene rings is 1. The van der Waals surface area contributed by atoms with Crippen LogP contribution in [-0.2, 0) is 11.2 Å². The van der Waals surface area contributed by atoms with Crippen molar-refractivity contribution in [1.29, 1.82) is 0 Å². The van der Waals surface area contributed by atoms with Crippen molar-refractivity contribution in [1.82, 2.24) is 5.32 Å². The van der Waals surface area contributed by atoms with Gasteiger partial charge >= 0.3 is 0 Å². The fourth-order valence-electron chi connectivity index (χ4n) is 2.99. The normalized spacial score (nSPS) is 25.6. The SMILES string of the molecule is Cc1ccc(CCC(=O)NCC2(C)CCCCC2O)cc1. The quantitative estimate of drug-likeness (QED) is 0.875. The van der Waals surface area contributed by atoms with Crippen molar-refractivity contribution < 1.29 is 9.90 Å². The largest absolute Gasteiger partial charge is 0.392 e. The lowest BCUT2D eigenvalue weighted by molar-refractivity contribution is -0.122. The van der Waals surface area contributed by atoms with Crippen LogP contribution in [0, 0.1) is 12.3 Å². The minimum absolute atomic E-state index is 0.0783.